The van der Waals surface area contributed by atoms with Crippen LogP contribution in [0.1, 0.15) is 23.5 Å². The molecule has 24 heavy (non-hydrogen) atoms. The molecule has 0 spiro atoms. The number of thiazole rings is 1. The molecule has 1 amide bonds. The van der Waals surface area contributed by atoms with Crippen molar-refractivity contribution in [1.29, 1.82) is 0 Å². The lowest BCUT2D eigenvalue weighted by Gasteiger charge is -2.17. The van der Waals surface area contributed by atoms with E-state index in [2.05, 4.69) is 10.3 Å². The number of amides is 1. The van der Waals surface area contributed by atoms with Gasteiger partial charge in [0.05, 0.1) is 28.3 Å². The SMILES string of the molecule is NCCC(C(=O)Nc1ccc2ncsc2c1)c1ccc(CO)cc1. The van der Waals surface area contributed by atoms with Crippen molar-refractivity contribution < 1.29 is 9.90 Å². The molecule has 124 valence electrons. The minimum Gasteiger partial charge on any atom is -0.392 e. The van der Waals surface area contributed by atoms with Crippen LogP contribution in [0, 0.1) is 0 Å². The van der Waals surface area contributed by atoms with E-state index in [9.17, 15) is 4.79 Å². The molecule has 0 aliphatic carbocycles. The number of aliphatic hydroxyl groups excluding tert-OH is 1. The monoisotopic (exact) mass is 341 g/mol. The van der Waals surface area contributed by atoms with Crippen LogP contribution in [0.3, 0.4) is 0 Å². The van der Waals surface area contributed by atoms with Gasteiger partial charge in [0, 0.05) is 5.69 Å². The van der Waals surface area contributed by atoms with E-state index in [4.69, 9.17) is 10.8 Å². The van der Waals surface area contributed by atoms with E-state index in [0.29, 0.717) is 13.0 Å². The first-order chi connectivity index (χ1) is 11.7. The van der Waals surface area contributed by atoms with Gasteiger partial charge in [-0.3, -0.25) is 4.79 Å². The Morgan fingerprint density at radius 1 is 1.25 bits per heavy atom. The molecule has 0 saturated heterocycles. The van der Waals surface area contributed by atoms with Crippen LogP contribution in [0.4, 0.5) is 5.69 Å². The molecule has 0 saturated carbocycles. The molecule has 4 N–H and O–H groups in total. The molecule has 0 bridgehead atoms. The summed E-state index contributed by atoms with van der Waals surface area (Å²) in [5.41, 5.74) is 10.9. The Labute approximate surface area is 144 Å². The van der Waals surface area contributed by atoms with Crippen molar-refractivity contribution in [2.45, 2.75) is 18.9 Å². The molecule has 2 aromatic carbocycles. The number of nitrogens with one attached hydrogen (secondary N) is 1. The second-order valence-electron chi connectivity index (χ2n) is 5.55. The van der Waals surface area contributed by atoms with E-state index in [1.165, 1.54) is 0 Å². The zero-order valence-electron chi connectivity index (χ0n) is 13.1. The van der Waals surface area contributed by atoms with Gasteiger partial charge in [-0.1, -0.05) is 24.3 Å². The van der Waals surface area contributed by atoms with Gasteiger partial charge < -0.3 is 16.2 Å². The molecule has 0 aliphatic rings. The van der Waals surface area contributed by atoms with E-state index < -0.39 is 0 Å². The lowest BCUT2D eigenvalue weighted by molar-refractivity contribution is -0.117. The number of hydrogen-bond acceptors (Lipinski definition) is 5. The average Bonchev–Trinajstić information content (AvgIpc) is 3.07. The smallest absolute Gasteiger partial charge is 0.231 e. The van der Waals surface area contributed by atoms with Crippen LogP contribution in [0.25, 0.3) is 10.2 Å². The quantitative estimate of drug-likeness (QED) is 0.643. The number of fused-ring (bicyclic) bond motifs is 1. The summed E-state index contributed by atoms with van der Waals surface area (Å²) in [6.45, 7) is 0.413. The first-order valence-electron chi connectivity index (χ1n) is 7.75. The number of nitrogens with two attached hydrogens (primary N) is 1. The van der Waals surface area contributed by atoms with E-state index >= 15 is 0 Å². The van der Waals surface area contributed by atoms with Crippen LogP contribution in [0.15, 0.2) is 48.0 Å². The highest BCUT2D eigenvalue weighted by Gasteiger charge is 2.20. The maximum absolute atomic E-state index is 12.7. The Hall–Kier alpha value is -2.28. The third-order valence-corrected chi connectivity index (χ3v) is 4.73. The first-order valence-corrected chi connectivity index (χ1v) is 8.63. The van der Waals surface area contributed by atoms with Gasteiger partial charge in [-0.05, 0) is 42.3 Å². The normalized spacial score (nSPS) is 12.2. The van der Waals surface area contributed by atoms with Crippen molar-refractivity contribution in [2.75, 3.05) is 11.9 Å². The Morgan fingerprint density at radius 2 is 2.04 bits per heavy atom. The highest BCUT2D eigenvalue weighted by molar-refractivity contribution is 7.16. The zero-order valence-corrected chi connectivity index (χ0v) is 13.9. The molecule has 6 heteroatoms. The number of hydrogen-bond donors (Lipinski definition) is 3. The topological polar surface area (TPSA) is 88.2 Å². The van der Waals surface area contributed by atoms with Gasteiger partial charge in [-0.25, -0.2) is 4.98 Å². The van der Waals surface area contributed by atoms with Crippen LogP contribution in [-0.4, -0.2) is 22.5 Å². The second-order valence-corrected chi connectivity index (χ2v) is 6.44. The Bertz CT molecular complexity index is 830. The molecule has 0 fully saturated rings. The number of aliphatic hydroxyl groups is 1. The Balaban J connectivity index is 1.80. The number of carbonyl (C=O) groups excluding carboxylic acids is 1. The van der Waals surface area contributed by atoms with Gasteiger partial charge in [0.25, 0.3) is 0 Å². The Morgan fingerprint density at radius 3 is 2.75 bits per heavy atom. The van der Waals surface area contributed by atoms with E-state index in [1.807, 2.05) is 42.5 Å². The largest absolute Gasteiger partial charge is 0.392 e. The molecule has 0 aliphatic heterocycles. The van der Waals surface area contributed by atoms with E-state index in [0.717, 1.165) is 27.0 Å². The summed E-state index contributed by atoms with van der Waals surface area (Å²) >= 11 is 1.54. The molecular weight excluding hydrogens is 322 g/mol. The maximum Gasteiger partial charge on any atom is 0.231 e. The third kappa shape index (κ3) is 3.62. The fourth-order valence-corrected chi connectivity index (χ4v) is 3.35. The van der Waals surface area contributed by atoms with Gasteiger partial charge in [0.1, 0.15) is 0 Å². The number of anilines is 1. The number of aromatic nitrogens is 1. The zero-order chi connectivity index (χ0) is 16.9. The summed E-state index contributed by atoms with van der Waals surface area (Å²) in [6, 6.07) is 13.1. The molecule has 3 aromatic rings. The number of rotatable bonds is 6. The summed E-state index contributed by atoms with van der Waals surface area (Å²) in [4.78, 5) is 16.9. The predicted octanol–water partition coefficient (Wildman–Crippen LogP) is 2.86. The minimum atomic E-state index is -0.320. The van der Waals surface area contributed by atoms with Crippen LogP contribution >= 0.6 is 11.3 Å². The Kier molecular flexibility index (Phi) is 5.20. The van der Waals surface area contributed by atoms with Gasteiger partial charge >= 0.3 is 0 Å². The average molecular weight is 341 g/mol. The van der Waals surface area contributed by atoms with E-state index in [1.54, 1.807) is 16.8 Å². The molecule has 1 heterocycles. The molecular formula is C18H19N3O2S. The summed E-state index contributed by atoms with van der Waals surface area (Å²) in [7, 11) is 0. The highest BCUT2D eigenvalue weighted by atomic mass is 32.1. The number of nitrogens with zero attached hydrogens (tertiary/aromatic N) is 1. The van der Waals surface area contributed by atoms with Crippen molar-refractivity contribution in [3.8, 4) is 0 Å². The second kappa shape index (κ2) is 7.53. The van der Waals surface area contributed by atoms with Gasteiger partial charge in [0.15, 0.2) is 0 Å². The maximum atomic E-state index is 12.7. The van der Waals surface area contributed by atoms with Crippen molar-refractivity contribution in [3.05, 3.63) is 59.1 Å². The predicted molar refractivity (Wildman–Crippen MR) is 97.0 cm³/mol. The fraction of sp³-hybridized carbons (Fsp3) is 0.222. The van der Waals surface area contributed by atoms with E-state index in [-0.39, 0.29) is 18.4 Å². The van der Waals surface area contributed by atoms with Crippen molar-refractivity contribution in [2.24, 2.45) is 5.73 Å². The molecule has 1 unspecified atom stereocenters. The lowest BCUT2D eigenvalue weighted by atomic mass is 9.94. The number of benzene rings is 2. The first kappa shape index (κ1) is 16.6. The van der Waals surface area contributed by atoms with Gasteiger partial charge in [-0.15, -0.1) is 11.3 Å². The number of carbonyl (C=O) groups is 1. The summed E-state index contributed by atoms with van der Waals surface area (Å²) in [5, 5.41) is 12.1. The van der Waals surface area contributed by atoms with Crippen molar-refractivity contribution >= 4 is 33.1 Å². The van der Waals surface area contributed by atoms with Crippen LogP contribution in [-0.2, 0) is 11.4 Å². The third-order valence-electron chi connectivity index (χ3n) is 3.94. The van der Waals surface area contributed by atoms with Crippen LogP contribution in [0.2, 0.25) is 0 Å². The minimum absolute atomic E-state index is 0.0110. The fourth-order valence-electron chi connectivity index (χ4n) is 2.63. The summed E-state index contributed by atoms with van der Waals surface area (Å²) in [6.07, 6.45) is 0.563. The lowest BCUT2D eigenvalue weighted by Crippen LogP contribution is -2.23. The molecule has 3 rings (SSSR count). The standard InChI is InChI=1S/C18H19N3O2S/c19-8-7-15(13-3-1-12(10-22)2-4-13)18(23)21-14-5-6-16-17(9-14)24-11-20-16/h1-6,9,11,15,22H,7-8,10,19H2,(H,21,23). The van der Waals surface area contributed by atoms with Crippen molar-refractivity contribution in [1.82, 2.24) is 4.98 Å². The van der Waals surface area contributed by atoms with Crippen molar-refractivity contribution in [3.63, 3.8) is 0 Å². The summed E-state index contributed by atoms with van der Waals surface area (Å²) in [5.74, 6) is -0.402. The summed E-state index contributed by atoms with van der Waals surface area (Å²) < 4.78 is 1.04. The molecule has 1 atom stereocenters. The molecule has 5 nitrogen and oxygen atoms in total. The molecule has 0 radical (unpaired) electrons. The van der Waals surface area contributed by atoms with Crippen LogP contribution < -0.4 is 11.1 Å². The van der Waals surface area contributed by atoms with Crippen LogP contribution in [0.5, 0.6) is 0 Å². The van der Waals surface area contributed by atoms with Gasteiger partial charge in [-0.2, -0.15) is 0 Å². The molecule has 1 aromatic heterocycles. The van der Waals surface area contributed by atoms with Gasteiger partial charge in [0.2, 0.25) is 5.91 Å². The highest BCUT2D eigenvalue weighted by Crippen LogP contribution is 2.25.